The molecule has 1 saturated carbocycles. The lowest BCUT2D eigenvalue weighted by Crippen LogP contribution is -2.70. The maximum absolute atomic E-state index is 12.1. The van der Waals surface area contributed by atoms with Gasteiger partial charge in [0, 0.05) is 63.6 Å². The summed E-state index contributed by atoms with van der Waals surface area (Å²) in [5.74, 6) is -1.52. The van der Waals surface area contributed by atoms with E-state index in [1.165, 1.54) is 0 Å². The Bertz CT molecular complexity index is 1340. The molecule has 11 bridgehead atoms. The molecule has 0 aromatic heterocycles. The SMILES string of the molecule is C=C1C[C@@H]2CC[C@@]3(O)C[C@@H](O)[C@@H]4CC5[C@H]4O[C@H]4CC[C@H](CC(O)C[C@@H]6[C@@H](OC)[C@@H](C[C@H]7CNCCO7)O[C@H]6C[C@H]6O[C@H](CCC6=C)CC[C@@H]1O2)O[C@@H]4[C@@H]5O3. The summed E-state index contributed by atoms with van der Waals surface area (Å²) >= 11 is 0. The van der Waals surface area contributed by atoms with Crippen molar-refractivity contribution in [1.29, 1.82) is 0 Å². The van der Waals surface area contributed by atoms with Crippen LogP contribution in [0, 0.1) is 17.8 Å². The smallest absolute Gasteiger partial charge is 0.168 e. The maximum atomic E-state index is 12.1. The summed E-state index contributed by atoms with van der Waals surface area (Å²) in [6, 6.07) is 0. The highest BCUT2D eigenvalue weighted by molar-refractivity contribution is 5.12. The minimum atomic E-state index is -1.50. The molecule has 0 radical (unpaired) electrons. The van der Waals surface area contributed by atoms with Crippen molar-refractivity contribution < 1.29 is 53.2 Å². The number of methoxy groups -OCH3 is 1. The van der Waals surface area contributed by atoms with Gasteiger partial charge in [0.05, 0.1) is 92.1 Å². The van der Waals surface area contributed by atoms with Crippen LogP contribution in [0.15, 0.2) is 24.3 Å². The molecule has 4 N–H and O–H groups in total. The first kappa shape index (κ1) is 38.5. The highest BCUT2D eigenvalue weighted by Crippen LogP contribution is 2.54. The zero-order valence-corrected chi connectivity index (χ0v) is 32.1. The number of morpholine rings is 1. The van der Waals surface area contributed by atoms with Crippen molar-refractivity contribution >= 4 is 0 Å². The highest BCUT2D eigenvalue weighted by Gasteiger charge is 2.62. The van der Waals surface area contributed by atoms with Gasteiger partial charge in [0.1, 0.15) is 6.10 Å². The summed E-state index contributed by atoms with van der Waals surface area (Å²) in [7, 11) is 1.76. The van der Waals surface area contributed by atoms with E-state index in [2.05, 4.69) is 18.5 Å². The summed E-state index contributed by atoms with van der Waals surface area (Å²) in [6.07, 6.45) is 6.94. The van der Waals surface area contributed by atoms with Gasteiger partial charge in [0.25, 0.3) is 0 Å². The summed E-state index contributed by atoms with van der Waals surface area (Å²) < 4.78 is 52.9. The average molecular weight is 760 g/mol. The quantitative estimate of drug-likeness (QED) is 0.313. The van der Waals surface area contributed by atoms with Crippen LogP contribution in [0.2, 0.25) is 0 Å². The molecule has 0 spiro atoms. The zero-order chi connectivity index (χ0) is 37.1. The van der Waals surface area contributed by atoms with E-state index in [9.17, 15) is 15.3 Å². The predicted molar refractivity (Wildman–Crippen MR) is 197 cm³/mol. The van der Waals surface area contributed by atoms with Gasteiger partial charge in [-0.05, 0) is 81.8 Å². The van der Waals surface area contributed by atoms with Crippen molar-refractivity contribution in [2.75, 3.05) is 26.8 Å². The Hall–Kier alpha value is -1.00. The number of aliphatic hydroxyl groups excluding tert-OH is 2. The van der Waals surface area contributed by atoms with Gasteiger partial charge >= 0.3 is 0 Å². The van der Waals surface area contributed by atoms with Crippen LogP contribution >= 0.6 is 0 Å². The summed E-state index contributed by atoms with van der Waals surface area (Å²) in [5, 5.41) is 38.7. The Balaban J connectivity index is 0.973. The normalized spacial score (nSPS) is 52.7. The van der Waals surface area contributed by atoms with Gasteiger partial charge in [-0.15, -0.1) is 0 Å². The number of hydrogen-bond donors (Lipinski definition) is 4. The fraction of sp³-hybridized carbons (Fsp3) is 0.905. The van der Waals surface area contributed by atoms with Crippen LogP contribution in [-0.4, -0.2) is 139 Å². The summed E-state index contributed by atoms with van der Waals surface area (Å²) in [4.78, 5) is 0. The lowest BCUT2D eigenvalue weighted by molar-refractivity contribution is -0.370. The molecule has 12 heteroatoms. The van der Waals surface area contributed by atoms with Crippen molar-refractivity contribution in [1.82, 2.24) is 5.32 Å². The van der Waals surface area contributed by atoms with Crippen LogP contribution in [-0.2, 0) is 37.9 Å². The van der Waals surface area contributed by atoms with Gasteiger partial charge in [-0.25, -0.2) is 0 Å². The van der Waals surface area contributed by atoms with Crippen molar-refractivity contribution in [2.24, 2.45) is 17.8 Å². The molecule has 0 aromatic rings. The van der Waals surface area contributed by atoms with Gasteiger partial charge in [-0.1, -0.05) is 13.2 Å². The van der Waals surface area contributed by atoms with Crippen LogP contribution in [0.4, 0.5) is 0 Å². The van der Waals surface area contributed by atoms with Crippen LogP contribution in [0.5, 0.6) is 0 Å². The standard InChI is InChI=1S/C42H65NO11/c1-22-4-5-25-6-8-33-23(2)14-27(50-33)10-11-42(46)20-32(45)29-18-31-38(29)53-34-9-7-26(51-41(34)40(31)54-42)15-24(44)16-30-36(19-35(22)49-25)52-37(39(30)47-3)17-28-21-43-12-13-48-28/h24-41,43-46H,1-2,4-21H2,3H3/t24?,25-,26-,27+,28+,29+,30+,31?,32-,33+,34+,35-,36+,37-,38+,39-,40-,41+,42+/m1/s1. The van der Waals surface area contributed by atoms with Crippen molar-refractivity contribution in [2.45, 2.75) is 194 Å². The third kappa shape index (κ3) is 7.78. The molecular weight excluding hydrogens is 694 g/mol. The van der Waals surface area contributed by atoms with Gasteiger partial charge in [0.15, 0.2) is 5.79 Å². The second kappa shape index (κ2) is 16.0. The van der Waals surface area contributed by atoms with Crippen LogP contribution in [0.1, 0.15) is 96.3 Å². The lowest BCUT2D eigenvalue weighted by atomic mass is 9.61. The molecule has 0 aromatic carbocycles. The maximum Gasteiger partial charge on any atom is 0.168 e. The van der Waals surface area contributed by atoms with Crippen molar-refractivity contribution in [3.63, 3.8) is 0 Å². The fourth-order valence-electron chi connectivity index (χ4n) is 11.8. The van der Waals surface area contributed by atoms with Crippen molar-refractivity contribution in [3.8, 4) is 0 Å². The van der Waals surface area contributed by atoms with E-state index < -0.39 is 18.0 Å². The minimum Gasteiger partial charge on any atom is -0.393 e. The Morgan fingerprint density at radius 2 is 1.63 bits per heavy atom. The van der Waals surface area contributed by atoms with E-state index in [0.29, 0.717) is 38.7 Å². The van der Waals surface area contributed by atoms with E-state index in [-0.39, 0.29) is 104 Å². The van der Waals surface area contributed by atoms with E-state index in [1.807, 2.05) is 0 Å². The molecule has 10 aliphatic rings. The zero-order valence-electron chi connectivity index (χ0n) is 32.1. The summed E-state index contributed by atoms with van der Waals surface area (Å²) in [5.41, 5.74) is 2.19. The lowest BCUT2D eigenvalue weighted by Gasteiger charge is -2.61. The second-order valence-corrected chi connectivity index (χ2v) is 18.3. The highest BCUT2D eigenvalue weighted by atomic mass is 16.7. The minimum absolute atomic E-state index is 0.0160. The Morgan fingerprint density at radius 1 is 0.778 bits per heavy atom. The van der Waals surface area contributed by atoms with Crippen LogP contribution in [0.25, 0.3) is 0 Å². The molecule has 19 atom stereocenters. The Morgan fingerprint density at radius 3 is 2.46 bits per heavy atom. The molecule has 12 nitrogen and oxygen atoms in total. The number of fused-ring (bicyclic) bond motifs is 7. The largest absolute Gasteiger partial charge is 0.393 e. The molecule has 9 heterocycles. The van der Waals surface area contributed by atoms with Gasteiger partial charge in [-0.3, -0.25) is 0 Å². The Labute approximate surface area is 320 Å². The third-order valence-corrected chi connectivity index (χ3v) is 14.8. The summed E-state index contributed by atoms with van der Waals surface area (Å²) in [6.45, 7) is 11.2. The van der Waals surface area contributed by atoms with E-state index in [4.69, 9.17) is 37.9 Å². The number of ether oxygens (including phenoxy) is 8. The first-order valence-corrected chi connectivity index (χ1v) is 21.4. The van der Waals surface area contributed by atoms with Crippen LogP contribution in [0.3, 0.4) is 0 Å². The monoisotopic (exact) mass is 759 g/mol. The second-order valence-electron chi connectivity index (χ2n) is 18.3. The average Bonchev–Trinajstić information content (AvgIpc) is 3.65. The number of nitrogens with one attached hydrogen (secondary N) is 1. The molecule has 54 heavy (non-hydrogen) atoms. The van der Waals surface area contributed by atoms with Gasteiger partial charge in [0.2, 0.25) is 0 Å². The number of aliphatic hydroxyl groups is 3. The van der Waals surface area contributed by atoms with Gasteiger partial charge in [-0.2, -0.15) is 0 Å². The molecular formula is C42H65NO11. The molecule has 10 fully saturated rings. The first-order chi connectivity index (χ1) is 26.1. The topological polar surface area (TPSA) is 147 Å². The molecule has 2 unspecified atom stereocenters. The fourth-order valence-corrected chi connectivity index (χ4v) is 11.8. The van der Waals surface area contributed by atoms with Gasteiger partial charge < -0.3 is 58.5 Å². The molecule has 0 amide bonds. The van der Waals surface area contributed by atoms with E-state index >= 15 is 0 Å². The van der Waals surface area contributed by atoms with E-state index in [1.54, 1.807) is 7.11 Å². The molecule has 9 aliphatic heterocycles. The van der Waals surface area contributed by atoms with E-state index in [0.717, 1.165) is 82.0 Å². The molecule has 9 saturated heterocycles. The Kier molecular flexibility index (Phi) is 11.4. The van der Waals surface area contributed by atoms with Crippen LogP contribution < -0.4 is 5.32 Å². The predicted octanol–water partition coefficient (Wildman–Crippen LogP) is 3.48. The molecule has 10 rings (SSSR count). The third-order valence-electron chi connectivity index (χ3n) is 14.8. The molecule has 304 valence electrons. The van der Waals surface area contributed by atoms with Crippen molar-refractivity contribution in [3.05, 3.63) is 24.3 Å². The molecule has 1 aliphatic carbocycles. The number of rotatable bonds is 3. The number of hydrogen-bond acceptors (Lipinski definition) is 12. The first-order valence-electron chi connectivity index (χ1n) is 21.4.